The fourth-order valence-corrected chi connectivity index (χ4v) is 2.82. The van der Waals surface area contributed by atoms with E-state index in [1.165, 1.54) is 17.4 Å². The van der Waals surface area contributed by atoms with Crippen LogP contribution in [-0.4, -0.2) is 4.98 Å². The van der Waals surface area contributed by atoms with Crippen LogP contribution < -0.4 is 0 Å². The number of benzene rings is 2. The molecule has 0 aliphatic rings. The lowest BCUT2D eigenvalue weighted by Gasteiger charge is -2.06. The van der Waals surface area contributed by atoms with E-state index in [-0.39, 0.29) is 0 Å². The topological polar surface area (TPSA) is 12.9 Å². The molecular weight excluding hydrogens is 295 g/mol. The van der Waals surface area contributed by atoms with Crippen molar-refractivity contribution >= 4 is 33.7 Å². The summed E-state index contributed by atoms with van der Waals surface area (Å²) in [6.07, 6.45) is -0.938. The summed E-state index contributed by atoms with van der Waals surface area (Å²) in [5, 5.41) is 0.772. The van der Waals surface area contributed by atoms with E-state index >= 15 is 0 Å². The zero-order valence-electron chi connectivity index (χ0n) is 10.8. The molecule has 5 heteroatoms. The van der Waals surface area contributed by atoms with E-state index in [1.54, 1.807) is 18.2 Å². The van der Waals surface area contributed by atoms with Crippen molar-refractivity contribution in [3.8, 4) is 0 Å². The Morgan fingerprint density at radius 1 is 0.952 bits per heavy atom. The molecule has 0 fully saturated rings. The average molecular weight is 305 g/mol. The van der Waals surface area contributed by atoms with Crippen molar-refractivity contribution in [2.24, 2.45) is 0 Å². The van der Waals surface area contributed by atoms with Crippen LogP contribution >= 0.6 is 11.3 Å². The van der Waals surface area contributed by atoms with Crippen molar-refractivity contribution in [2.45, 2.75) is 6.18 Å². The summed E-state index contributed by atoms with van der Waals surface area (Å²) >= 11 is 1.51. The summed E-state index contributed by atoms with van der Waals surface area (Å²) in [5.74, 6) is 0. The van der Waals surface area contributed by atoms with Crippen LogP contribution in [0.25, 0.3) is 22.4 Å². The predicted molar refractivity (Wildman–Crippen MR) is 80.0 cm³/mol. The number of rotatable bonds is 2. The Labute approximate surface area is 123 Å². The highest BCUT2D eigenvalue weighted by Crippen LogP contribution is 2.30. The van der Waals surface area contributed by atoms with E-state index in [9.17, 15) is 13.2 Å². The Balaban J connectivity index is 1.89. The monoisotopic (exact) mass is 305 g/mol. The molecule has 0 spiro atoms. The van der Waals surface area contributed by atoms with Gasteiger partial charge in [-0.15, -0.1) is 11.3 Å². The van der Waals surface area contributed by atoms with Crippen molar-refractivity contribution in [1.82, 2.24) is 4.98 Å². The molecule has 3 rings (SSSR count). The van der Waals surface area contributed by atoms with Crippen LogP contribution in [0.1, 0.15) is 16.1 Å². The molecule has 1 nitrogen and oxygen atoms in total. The summed E-state index contributed by atoms with van der Waals surface area (Å²) in [7, 11) is 0. The average Bonchev–Trinajstić information content (AvgIpc) is 2.87. The van der Waals surface area contributed by atoms with Crippen molar-refractivity contribution < 1.29 is 13.2 Å². The smallest absolute Gasteiger partial charge is 0.237 e. The molecular formula is C16H10F3NS. The molecule has 0 aliphatic carbocycles. The summed E-state index contributed by atoms with van der Waals surface area (Å²) in [6.45, 7) is 0. The van der Waals surface area contributed by atoms with Gasteiger partial charge in [0.05, 0.1) is 15.8 Å². The van der Waals surface area contributed by atoms with E-state index in [4.69, 9.17) is 0 Å². The first-order chi connectivity index (χ1) is 10.0. The van der Waals surface area contributed by atoms with E-state index in [0.29, 0.717) is 5.56 Å². The van der Waals surface area contributed by atoms with Gasteiger partial charge in [-0.3, -0.25) is 0 Å². The quantitative estimate of drug-likeness (QED) is 0.610. The summed E-state index contributed by atoms with van der Waals surface area (Å²) in [4.78, 5) is 4.41. The van der Waals surface area contributed by atoms with Gasteiger partial charge in [0.25, 0.3) is 0 Å². The molecule has 1 heterocycles. The summed E-state index contributed by atoms with van der Waals surface area (Å²) < 4.78 is 39.0. The molecule has 0 saturated carbocycles. The molecule has 1 aromatic heterocycles. The molecule has 0 aliphatic heterocycles. The fourth-order valence-electron chi connectivity index (χ4n) is 1.95. The first-order valence-corrected chi connectivity index (χ1v) is 7.05. The SMILES string of the molecule is FC(F)(F)c1cccc(/C=C/c2nc3ccccc3s2)c1. The highest BCUT2D eigenvalue weighted by Gasteiger charge is 2.30. The maximum absolute atomic E-state index is 12.6. The first kappa shape index (κ1) is 13.8. The number of alkyl halides is 3. The highest BCUT2D eigenvalue weighted by molar-refractivity contribution is 7.19. The molecule has 0 radical (unpaired) electrons. The summed E-state index contributed by atoms with van der Waals surface area (Å²) in [6, 6.07) is 12.9. The van der Waals surface area contributed by atoms with Crippen LogP contribution in [0.2, 0.25) is 0 Å². The lowest BCUT2D eigenvalue weighted by Crippen LogP contribution is -2.04. The van der Waals surface area contributed by atoms with E-state index < -0.39 is 11.7 Å². The second-order valence-corrected chi connectivity index (χ2v) is 5.54. The van der Waals surface area contributed by atoms with Crippen LogP contribution in [0.4, 0.5) is 13.2 Å². The third kappa shape index (κ3) is 3.13. The van der Waals surface area contributed by atoms with Crippen LogP contribution in [-0.2, 0) is 6.18 Å². The molecule has 2 aromatic carbocycles. The molecule has 21 heavy (non-hydrogen) atoms. The number of aromatic nitrogens is 1. The second kappa shape index (κ2) is 5.33. The van der Waals surface area contributed by atoms with Crippen molar-refractivity contribution in [3.05, 3.63) is 64.7 Å². The maximum atomic E-state index is 12.6. The Hall–Kier alpha value is -2.14. The van der Waals surface area contributed by atoms with Crippen LogP contribution in [0.5, 0.6) is 0 Å². The summed E-state index contributed by atoms with van der Waals surface area (Å²) in [5.41, 5.74) is 0.754. The number of halogens is 3. The van der Waals surface area contributed by atoms with E-state index in [0.717, 1.165) is 27.4 Å². The molecule has 3 aromatic rings. The third-order valence-corrected chi connectivity index (χ3v) is 3.94. The Morgan fingerprint density at radius 2 is 1.76 bits per heavy atom. The fraction of sp³-hybridized carbons (Fsp3) is 0.0625. The second-order valence-electron chi connectivity index (χ2n) is 4.48. The molecule has 0 atom stereocenters. The lowest BCUT2D eigenvalue weighted by atomic mass is 10.1. The van der Waals surface area contributed by atoms with Gasteiger partial charge >= 0.3 is 6.18 Å². The maximum Gasteiger partial charge on any atom is 0.416 e. The highest BCUT2D eigenvalue weighted by atomic mass is 32.1. The van der Waals surface area contributed by atoms with Gasteiger partial charge in [0.15, 0.2) is 0 Å². The van der Waals surface area contributed by atoms with Gasteiger partial charge in [0.2, 0.25) is 0 Å². The number of fused-ring (bicyclic) bond motifs is 1. The lowest BCUT2D eigenvalue weighted by molar-refractivity contribution is -0.137. The van der Waals surface area contributed by atoms with Crippen LogP contribution in [0, 0.1) is 0 Å². The Bertz CT molecular complexity index is 769. The van der Waals surface area contributed by atoms with Crippen molar-refractivity contribution in [2.75, 3.05) is 0 Å². The minimum atomic E-state index is -4.32. The Kier molecular flexibility index (Phi) is 3.51. The van der Waals surface area contributed by atoms with Crippen molar-refractivity contribution in [1.29, 1.82) is 0 Å². The number of hydrogen-bond donors (Lipinski definition) is 0. The molecule has 0 N–H and O–H groups in total. The molecule has 0 unspecified atom stereocenters. The molecule has 0 amide bonds. The predicted octanol–water partition coefficient (Wildman–Crippen LogP) is 5.49. The first-order valence-electron chi connectivity index (χ1n) is 6.23. The minimum Gasteiger partial charge on any atom is -0.237 e. The zero-order chi connectivity index (χ0) is 14.9. The molecule has 106 valence electrons. The van der Waals surface area contributed by atoms with E-state index in [1.807, 2.05) is 24.3 Å². The van der Waals surface area contributed by atoms with Crippen LogP contribution in [0.15, 0.2) is 48.5 Å². The number of thiazole rings is 1. The van der Waals surface area contributed by atoms with Crippen molar-refractivity contribution in [3.63, 3.8) is 0 Å². The molecule has 0 saturated heterocycles. The normalized spacial score (nSPS) is 12.3. The van der Waals surface area contributed by atoms with E-state index in [2.05, 4.69) is 4.98 Å². The van der Waals surface area contributed by atoms with Gasteiger partial charge in [0.1, 0.15) is 5.01 Å². The number of para-hydroxylation sites is 1. The van der Waals surface area contributed by atoms with Gasteiger partial charge in [-0.2, -0.15) is 13.2 Å². The number of hydrogen-bond acceptors (Lipinski definition) is 2. The van der Waals surface area contributed by atoms with Gasteiger partial charge < -0.3 is 0 Å². The third-order valence-electron chi connectivity index (χ3n) is 2.94. The van der Waals surface area contributed by atoms with Crippen LogP contribution in [0.3, 0.4) is 0 Å². The minimum absolute atomic E-state index is 0.504. The zero-order valence-corrected chi connectivity index (χ0v) is 11.6. The van der Waals surface area contributed by atoms with Gasteiger partial charge in [0, 0.05) is 0 Å². The van der Waals surface area contributed by atoms with Gasteiger partial charge in [-0.05, 0) is 35.9 Å². The number of nitrogens with zero attached hydrogens (tertiary/aromatic N) is 1. The van der Waals surface area contributed by atoms with Gasteiger partial charge in [-0.25, -0.2) is 4.98 Å². The van der Waals surface area contributed by atoms with Gasteiger partial charge in [-0.1, -0.05) is 30.3 Å². The standard InChI is InChI=1S/C16H10F3NS/c17-16(18,19)12-5-3-4-11(10-12)8-9-15-20-13-6-1-2-7-14(13)21-15/h1-10H/b9-8+. The largest absolute Gasteiger partial charge is 0.416 e. The Morgan fingerprint density at radius 3 is 2.52 bits per heavy atom. The molecule has 0 bridgehead atoms.